The van der Waals surface area contributed by atoms with Gasteiger partial charge in [-0.2, -0.15) is 5.10 Å². The number of ketones is 2. The van der Waals surface area contributed by atoms with E-state index >= 15 is 0 Å². The van der Waals surface area contributed by atoms with Crippen LogP contribution in [0.3, 0.4) is 0 Å². The number of H-pyrrole nitrogens is 1. The molecule has 3 fully saturated rings. The van der Waals surface area contributed by atoms with Crippen LogP contribution in [0.4, 0.5) is 26.0 Å². The van der Waals surface area contributed by atoms with Crippen molar-refractivity contribution in [2.45, 2.75) is 90.8 Å². The monoisotopic (exact) mass is 1250 g/mol. The van der Waals surface area contributed by atoms with Gasteiger partial charge < -0.3 is 58.9 Å². The van der Waals surface area contributed by atoms with Gasteiger partial charge in [-0.05, 0) is 103 Å². The minimum Gasteiger partial charge on any atom is -0.391 e. The van der Waals surface area contributed by atoms with Crippen molar-refractivity contribution in [3.8, 4) is 10.4 Å². The Morgan fingerprint density at radius 3 is 2.09 bits per heavy atom. The summed E-state index contributed by atoms with van der Waals surface area (Å²) in [5.41, 5.74) is 8.26. The van der Waals surface area contributed by atoms with E-state index in [2.05, 4.69) is 30.7 Å². The second-order valence-electron chi connectivity index (χ2n) is 23.9. The number of aliphatic hydroxyl groups excluding tert-OH is 1. The Bertz CT molecular complexity index is 3320. The third-order valence-electron chi connectivity index (χ3n) is 16.3. The normalized spacial score (nSPS) is 16.9. The predicted molar refractivity (Wildman–Crippen MR) is 334 cm³/mol. The molecule has 2 aromatic heterocycles. The lowest BCUT2D eigenvalue weighted by Crippen LogP contribution is -2.49. The molecule has 23 heteroatoms. The molecule has 3 amide bonds. The van der Waals surface area contributed by atoms with Crippen LogP contribution < -0.4 is 15.5 Å². The number of Topliss-reactive ketones (excluding diaryl/α,β-unsaturated/α-hetero) is 2. The maximum Gasteiger partial charge on any atom is 0.258 e. The summed E-state index contributed by atoms with van der Waals surface area (Å²) in [6.45, 7) is 13.0. The number of nitrogens with one attached hydrogen (secondary N) is 3. The van der Waals surface area contributed by atoms with Crippen molar-refractivity contribution in [2.24, 2.45) is 11.3 Å². The molecule has 6 aromatic rings. The van der Waals surface area contributed by atoms with Gasteiger partial charge in [0.05, 0.1) is 92.2 Å². The number of benzene rings is 4. The Balaban J connectivity index is 0.614. The molecule has 20 nitrogen and oxygen atoms in total. The number of carbonyl (C=O) groups excluding carboxylic acids is 5. The zero-order valence-electron chi connectivity index (χ0n) is 51.2. The van der Waals surface area contributed by atoms with Crippen molar-refractivity contribution in [1.82, 2.24) is 25.0 Å². The fourth-order valence-electron chi connectivity index (χ4n) is 11.4. The molecular weight excluding hydrogens is 1170 g/mol. The predicted octanol–water partition coefficient (Wildman–Crippen LogP) is 8.22. The zero-order chi connectivity index (χ0) is 62.9. The number of fused-ring (bicyclic) bond motifs is 1. The zero-order valence-corrected chi connectivity index (χ0v) is 52.0. The third-order valence-corrected chi connectivity index (χ3v) is 17.3. The van der Waals surface area contributed by atoms with Crippen molar-refractivity contribution in [3.05, 3.63) is 124 Å². The summed E-state index contributed by atoms with van der Waals surface area (Å²) in [5.74, 6) is -2.81. The highest BCUT2D eigenvalue weighted by atomic mass is 32.1. The first kappa shape index (κ1) is 66.3. The molecule has 89 heavy (non-hydrogen) atoms. The number of hydrogen-bond donors (Lipinski definition) is 4. The average molecular weight is 1250 g/mol. The van der Waals surface area contributed by atoms with Gasteiger partial charge in [0.25, 0.3) is 5.91 Å². The number of aryl methyl sites for hydroxylation is 2. The second kappa shape index (κ2) is 32.1. The number of anilines is 3. The minimum absolute atomic E-state index is 0.0448. The quantitative estimate of drug-likeness (QED) is 0.0300. The topological polar surface area (TPSA) is 236 Å². The van der Waals surface area contributed by atoms with Gasteiger partial charge in [0, 0.05) is 100.0 Å². The number of aromatic nitrogens is 3. The number of amides is 3. The molecule has 0 aliphatic carbocycles. The molecular formula is C66H82F2N8O12S. The number of ether oxygens (including phenoxy) is 6. The number of hydrogen-bond acceptors (Lipinski definition) is 17. The Hall–Kier alpha value is -7.09. The van der Waals surface area contributed by atoms with Crippen molar-refractivity contribution in [3.63, 3.8) is 0 Å². The van der Waals surface area contributed by atoms with Crippen molar-refractivity contribution in [1.29, 1.82) is 0 Å². The molecule has 0 saturated carbocycles. The minimum atomic E-state index is -0.824. The molecule has 3 aliphatic heterocycles. The number of likely N-dealkylation sites (tertiary alicyclic amines) is 1. The van der Waals surface area contributed by atoms with Crippen LogP contribution >= 0.6 is 11.3 Å². The Kier molecular flexibility index (Phi) is 23.9. The van der Waals surface area contributed by atoms with Crippen LogP contribution in [0.5, 0.6) is 0 Å². The largest absolute Gasteiger partial charge is 0.391 e. The summed E-state index contributed by atoms with van der Waals surface area (Å²) in [6.07, 6.45) is 1.87. The van der Waals surface area contributed by atoms with Crippen LogP contribution in [0.2, 0.25) is 0 Å². The fraction of sp³-hybridized carbons (Fsp3) is 0.500. The van der Waals surface area contributed by atoms with Crippen molar-refractivity contribution in [2.75, 3.05) is 128 Å². The van der Waals surface area contributed by atoms with E-state index < -0.39 is 35.1 Å². The molecule has 1 unspecified atom stereocenters. The van der Waals surface area contributed by atoms with E-state index in [1.165, 1.54) is 17.0 Å². The smallest absolute Gasteiger partial charge is 0.258 e. The number of aliphatic hydroxyl groups is 1. The van der Waals surface area contributed by atoms with Crippen LogP contribution in [0.15, 0.2) is 84.4 Å². The van der Waals surface area contributed by atoms with E-state index in [1.807, 2.05) is 87.8 Å². The number of nitrogens with zero attached hydrogens (tertiary/aromatic N) is 5. The Morgan fingerprint density at radius 2 is 1.44 bits per heavy atom. The summed E-state index contributed by atoms with van der Waals surface area (Å²) in [6, 6.07) is 22.0. The Labute approximate surface area is 521 Å². The van der Waals surface area contributed by atoms with E-state index in [9.17, 15) is 37.9 Å². The number of rotatable bonds is 31. The van der Waals surface area contributed by atoms with Gasteiger partial charge in [0.2, 0.25) is 11.8 Å². The number of piperazine rings is 1. The summed E-state index contributed by atoms with van der Waals surface area (Å²) < 4.78 is 61.6. The molecule has 0 bridgehead atoms. The van der Waals surface area contributed by atoms with Crippen molar-refractivity contribution < 1.29 is 66.3 Å². The molecule has 0 radical (unpaired) electrons. The van der Waals surface area contributed by atoms with E-state index in [0.717, 1.165) is 51.9 Å². The molecule has 0 spiro atoms. The Morgan fingerprint density at radius 1 is 0.787 bits per heavy atom. The lowest BCUT2D eigenvalue weighted by atomic mass is 9.76. The van der Waals surface area contributed by atoms with Crippen LogP contribution in [-0.2, 0) is 60.4 Å². The summed E-state index contributed by atoms with van der Waals surface area (Å²) >= 11 is 1.58. The van der Waals surface area contributed by atoms with Gasteiger partial charge in [-0.1, -0.05) is 51.1 Å². The van der Waals surface area contributed by atoms with Crippen LogP contribution in [-0.4, -0.2) is 190 Å². The number of β-amino-alcohol motifs (C(OH)–C–C–N with tert-alkyl or cyclic N) is 1. The van der Waals surface area contributed by atoms with Gasteiger partial charge in [-0.15, -0.1) is 11.3 Å². The molecule has 4 aromatic carbocycles. The van der Waals surface area contributed by atoms with Crippen LogP contribution in [0.25, 0.3) is 21.3 Å². The van der Waals surface area contributed by atoms with E-state index in [-0.39, 0.29) is 107 Å². The van der Waals surface area contributed by atoms with Crippen molar-refractivity contribution >= 4 is 68.7 Å². The molecule has 3 aliphatic rings. The van der Waals surface area contributed by atoms with Gasteiger partial charge in [-0.25, -0.2) is 13.8 Å². The van der Waals surface area contributed by atoms with Crippen LogP contribution in [0.1, 0.15) is 85.6 Å². The number of aromatic amines is 1. The summed E-state index contributed by atoms with van der Waals surface area (Å²) in [7, 11) is 0. The molecule has 3 saturated heterocycles. The maximum absolute atomic E-state index is 14.1. The molecule has 3 atom stereocenters. The van der Waals surface area contributed by atoms with E-state index in [1.54, 1.807) is 22.3 Å². The van der Waals surface area contributed by atoms with Gasteiger partial charge in [-0.3, -0.25) is 29.1 Å². The molecule has 4 N–H and O–H groups in total. The van der Waals surface area contributed by atoms with Crippen LogP contribution in [0, 0.1) is 29.9 Å². The number of carbonyl (C=O) groups is 5. The van der Waals surface area contributed by atoms with E-state index in [4.69, 9.17) is 28.4 Å². The number of halogens is 2. The van der Waals surface area contributed by atoms with Gasteiger partial charge >= 0.3 is 0 Å². The maximum atomic E-state index is 14.1. The molecule has 478 valence electrons. The highest BCUT2D eigenvalue weighted by molar-refractivity contribution is 7.13. The highest BCUT2D eigenvalue weighted by Gasteiger charge is 2.44. The van der Waals surface area contributed by atoms with E-state index in [0.29, 0.717) is 106 Å². The number of thiazole rings is 1. The summed E-state index contributed by atoms with van der Waals surface area (Å²) in [4.78, 5) is 78.9. The first-order chi connectivity index (χ1) is 42.9. The summed E-state index contributed by atoms with van der Waals surface area (Å²) in [5, 5.41) is 25.2. The van der Waals surface area contributed by atoms with Gasteiger partial charge in [0.15, 0.2) is 17.4 Å². The standard InChI is InChI=1S/C66H82F2N8O12S/c1-43-62(89-42-69-43)47-9-5-44(6-10-47)8-14-60(79)59-38-52(77)39-76(59)65(82)56(66(2,3)4)37-53(78)40-87-29-27-85-25-23-84-24-26-86-28-30-88-41-61(80)75-19-17-74(18-20-75)51-11-12-54(58(36-51)70-50-15-21-83-22-16-50)64(81)71-63-55-34-45(7-13-57(55)72-73-63)31-46-32-48(67)35-49(68)33-46/h5-7,9-13,32-36,42,50,52,56,59,70,77H,8,14-31,37-41H2,1-4H3,(H2,71,72,73,81)/t52-,56?,59+/m1/s1. The lowest BCUT2D eigenvalue weighted by Gasteiger charge is -2.36. The second-order valence-corrected chi connectivity index (χ2v) is 24.8. The average Bonchev–Trinajstić information content (AvgIpc) is 3.91. The van der Waals surface area contributed by atoms with Gasteiger partial charge in [0.1, 0.15) is 24.8 Å². The fourth-order valence-corrected chi connectivity index (χ4v) is 12.2. The third kappa shape index (κ3) is 19.0. The molecule has 5 heterocycles. The first-order valence-corrected chi connectivity index (χ1v) is 31.5. The first-order valence-electron chi connectivity index (χ1n) is 30.6. The SMILES string of the molecule is Cc1ncsc1-c1ccc(CCC(=O)[C@@H]2C[C@@H](O)CN2C(=O)C(CC(=O)COCCOCCOCCOCCOCC(=O)N2CCN(c3ccc(C(=O)Nc4n[nH]c5ccc(Cc6cc(F)cc(F)c6)cc45)c(NC4CCOCC4)c3)CC2)C(C)(C)C)cc1. The molecule has 9 rings (SSSR count). The highest BCUT2D eigenvalue weighted by Crippen LogP contribution is 2.35. The lowest BCUT2D eigenvalue weighted by molar-refractivity contribution is -0.146.